The van der Waals surface area contributed by atoms with E-state index in [-0.39, 0.29) is 11.9 Å². The molecule has 0 saturated heterocycles. The molecule has 0 radical (unpaired) electrons. The van der Waals surface area contributed by atoms with Crippen LogP contribution in [0.5, 0.6) is 0 Å². The summed E-state index contributed by atoms with van der Waals surface area (Å²) in [5.74, 6) is 0.0463. The summed E-state index contributed by atoms with van der Waals surface area (Å²) >= 11 is 0. The highest BCUT2D eigenvalue weighted by atomic mass is 16.2. The van der Waals surface area contributed by atoms with Crippen molar-refractivity contribution in [2.45, 2.75) is 32.9 Å². The van der Waals surface area contributed by atoms with Gasteiger partial charge in [-0.3, -0.25) is 14.8 Å². The molecule has 0 aliphatic carbocycles. The molecular formula is C20H21N3O. The topological polar surface area (TPSA) is 46.1 Å². The van der Waals surface area contributed by atoms with Crippen molar-refractivity contribution >= 4 is 16.7 Å². The molecule has 1 aromatic carbocycles. The average molecular weight is 319 g/mol. The van der Waals surface area contributed by atoms with Gasteiger partial charge in [-0.05, 0) is 42.5 Å². The van der Waals surface area contributed by atoms with Crippen LogP contribution in [0.25, 0.3) is 10.8 Å². The minimum absolute atomic E-state index is 0.0463. The highest BCUT2D eigenvalue weighted by Gasteiger charge is 2.22. The van der Waals surface area contributed by atoms with Gasteiger partial charge in [0, 0.05) is 48.3 Å². The number of carbonyl (C=O) groups excluding carboxylic acids is 1. The zero-order valence-corrected chi connectivity index (χ0v) is 14.0. The monoisotopic (exact) mass is 319 g/mol. The number of hydrogen-bond donors (Lipinski definition) is 0. The summed E-state index contributed by atoms with van der Waals surface area (Å²) in [6.07, 6.45) is 7.99. The molecule has 1 amide bonds. The molecule has 2 aromatic heterocycles. The summed E-state index contributed by atoms with van der Waals surface area (Å²) in [4.78, 5) is 23.5. The number of carbonyl (C=O) groups is 1. The third kappa shape index (κ3) is 3.27. The van der Waals surface area contributed by atoms with E-state index in [0.717, 1.165) is 28.3 Å². The van der Waals surface area contributed by atoms with E-state index < -0.39 is 0 Å². The van der Waals surface area contributed by atoms with Crippen LogP contribution in [0.3, 0.4) is 0 Å². The Morgan fingerprint density at radius 3 is 2.67 bits per heavy atom. The fourth-order valence-electron chi connectivity index (χ4n) is 2.80. The van der Waals surface area contributed by atoms with Crippen molar-refractivity contribution in [2.75, 3.05) is 0 Å². The van der Waals surface area contributed by atoms with Crippen molar-refractivity contribution in [1.29, 1.82) is 0 Å². The number of rotatable bonds is 5. The van der Waals surface area contributed by atoms with Crippen LogP contribution in [0.1, 0.15) is 36.2 Å². The summed E-state index contributed by atoms with van der Waals surface area (Å²) in [7, 11) is 0. The first-order valence-corrected chi connectivity index (χ1v) is 8.23. The van der Waals surface area contributed by atoms with E-state index in [1.165, 1.54) is 0 Å². The molecule has 4 heteroatoms. The summed E-state index contributed by atoms with van der Waals surface area (Å²) in [6.45, 7) is 4.74. The van der Waals surface area contributed by atoms with Gasteiger partial charge in [-0.2, -0.15) is 0 Å². The van der Waals surface area contributed by atoms with Gasteiger partial charge in [0.05, 0.1) is 0 Å². The SMILES string of the molecule is CC[C@H](C)N(Cc1cccnc1)C(=O)c1cccc2cnccc12. The Bertz CT molecular complexity index is 827. The van der Waals surface area contributed by atoms with Crippen molar-refractivity contribution in [3.63, 3.8) is 0 Å². The Labute approximate surface area is 142 Å². The van der Waals surface area contributed by atoms with Crippen LogP contribution in [0.15, 0.2) is 61.2 Å². The van der Waals surface area contributed by atoms with E-state index in [4.69, 9.17) is 0 Å². The predicted octanol–water partition coefficient (Wildman–Crippen LogP) is 4.07. The Morgan fingerprint density at radius 2 is 1.92 bits per heavy atom. The summed E-state index contributed by atoms with van der Waals surface area (Å²) in [5, 5.41) is 1.92. The van der Waals surface area contributed by atoms with E-state index in [2.05, 4.69) is 23.8 Å². The van der Waals surface area contributed by atoms with Gasteiger partial charge >= 0.3 is 0 Å². The molecule has 0 aliphatic rings. The molecule has 0 unspecified atom stereocenters. The van der Waals surface area contributed by atoms with E-state index in [9.17, 15) is 4.79 Å². The standard InChI is InChI=1S/C20H21N3O/c1-3-15(2)23(14-16-6-5-10-21-12-16)20(24)19-8-4-7-17-13-22-11-9-18(17)19/h4-13,15H,3,14H2,1-2H3/t15-/m0/s1. The predicted molar refractivity (Wildman–Crippen MR) is 95.6 cm³/mol. The number of pyridine rings is 2. The van der Waals surface area contributed by atoms with E-state index in [1.807, 2.05) is 47.5 Å². The maximum absolute atomic E-state index is 13.2. The average Bonchev–Trinajstić information content (AvgIpc) is 2.65. The number of amides is 1. The number of aromatic nitrogens is 2. The van der Waals surface area contributed by atoms with Crippen molar-refractivity contribution in [3.05, 3.63) is 72.3 Å². The molecule has 0 fully saturated rings. The molecule has 3 aromatic rings. The first-order valence-electron chi connectivity index (χ1n) is 8.23. The van der Waals surface area contributed by atoms with Crippen LogP contribution < -0.4 is 0 Å². The van der Waals surface area contributed by atoms with Gasteiger partial charge in [0.15, 0.2) is 0 Å². The number of fused-ring (bicyclic) bond motifs is 1. The van der Waals surface area contributed by atoms with Gasteiger partial charge < -0.3 is 4.90 Å². The lowest BCUT2D eigenvalue weighted by molar-refractivity contribution is 0.0673. The van der Waals surface area contributed by atoms with Gasteiger partial charge in [-0.15, -0.1) is 0 Å². The minimum atomic E-state index is 0.0463. The second-order valence-electron chi connectivity index (χ2n) is 5.95. The molecule has 1 atom stereocenters. The molecule has 0 saturated carbocycles. The Balaban J connectivity index is 1.99. The van der Waals surface area contributed by atoms with E-state index in [1.54, 1.807) is 18.6 Å². The molecule has 0 bridgehead atoms. The smallest absolute Gasteiger partial charge is 0.255 e. The third-order valence-corrected chi connectivity index (χ3v) is 4.37. The maximum atomic E-state index is 13.2. The van der Waals surface area contributed by atoms with E-state index in [0.29, 0.717) is 6.54 Å². The largest absolute Gasteiger partial charge is 0.332 e. The van der Waals surface area contributed by atoms with Gasteiger partial charge in [0.2, 0.25) is 0 Å². The third-order valence-electron chi connectivity index (χ3n) is 4.37. The van der Waals surface area contributed by atoms with Crippen LogP contribution in [-0.2, 0) is 6.54 Å². The highest BCUT2D eigenvalue weighted by molar-refractivity contribution is 6.06. The molecule has 0 N–H and O–H groups in total. The lowest BCUT2D eigenvalue weighted by Gasteiger charge is -2.29. The molecule has 122 valence electrons. The number of benzene rings is 1. The first-order chi connectivity index (χ1) is 11.7. The quantitative estimate of drug-likeness (QED) is 0.712. The Hall–Kier alpha value is -2.75. The fraction of sp³-hybridized carbons (Fsp3) is 0.250. The number of nitrogens with zero attached hydrogens (tertiary/aromatic N) is 3. The zero-order valence-electron chi connectivity index (χ0n) is 14.0. The van der Waals surface area contributed by atoms with Crippen LogP contribution in [0, 0.1) is 0 Å². The molecule has 0 spiro atoms. The second-order valence-corrected chi connectivity index (χ2v) is 5.95. The molecule has 0 aliphatic heterocycles. The normalized spacial score (nSPS) is 12.1. The van der Waals surface area contributed by atoms with E-state index >= 15 is 0 Å². The van der Waals surface area contributed by atoms with Crippen molar-refractivity contribution in [2.24, 2.45) is 0 Å². The molecule has 4 nitrogen and oxygen atoms in total. The molecule has 2 heterocycles. The van der Waals surface area contributed by atoms with Gasteiger partial charge in [0.25, 0.3) is 5.91 Å². The second kappa shape index (κ2) is 7.21. The van der Waals surface area contributed by atoms with Crippen LogP contribution >= 0.6 is 0 Å². The Kier molecular flexibility index (Phi) is 4.85. The summed E-state index contributed by atoms with van der Waals surface area (Å²) in [5.41, 5.74) is 1.76. The maximum Gasteiger partial charge on any atom is 0.255 e. The van der Waals surface area contributed by atoms with Gasteiger partial charge in [-0.25, -0.2) is 0 Å². The minimum Gasteiger partial charge on any atom is -0.332 e. The molecular weight excluding hydrogens is 298 g/mol. The zero-order chi connectivity index (χ0) is 16.9. The molecule has 24 heavy (non-hydrogen) atoms. The van der Waals surface area contributed by atoms with Crippen molar-refractivity contribution in [3.8, 4) is 0 Å². The first kappa shape index (κ1) is 16.1. The highest BCUT2D eigenvalue weighted by Crippen LogP contribution is 2.22. The van der Waals surface area contributed by atoms with Crippen LogP contribution in [0.2, 0.25) is 0 Å². The van der Waals surface area contributed by atoms with Crippen molar-refractivity contribution < 1.29 is 4.79 Å². The lowest BCUT2D eigenvalue weighted by atomic mass is 10.0. The summed E-state index contributed by atoms with van der Waals surface area (Å²) in [6, 6.07) is 11.7. The fourth-order valence-corrected chi connectivity index (χ4v) is 2.80. The van der Waals surface area contributed by atoms with Gasteiger partial charge in [-0.1, -0.05) is 25.1 Å². The summed E-state index contributed by atoms with van der Waals surface area (Å²) < 4.78 is 0. The van der Waals surface area contributed by atoms with Crippen molar-refractivity contribution in [1.82, 2.24) is 14.9 Å². The Morgan fingerprint density at radius 1 is 1.08 bits per heavy atom. The van der Waals surface area contributed by atoms with Gasteiger partial charge in [0.1, 0.15) is 0 Å². The molecule has 3 rings (SSSR count). The van der Waals surface area contributed by atoms with Crippen LogP contribution in [0.4, 0.5) is 0 Å². The number of hydrogen-bond acceptors (Lipinski definition) is 3. The lowest BCUT2D eigenvalue weighted by Crippen LogP contribution is -2.37. The van der Waals surface area contributed by atoms with Crippen LogP contribution in [-0.4, -0.2) is 26.8 Å².